The van der Waals surface area contributed by atoms with Gasteiger partial charge in [0.2, 0.25) is 0 Å². The van der Waals surface area contributed by atoms with Crippen LogP contribution in [0.2, 0.25) is 0 Å². The number of nitrogens with two attached hydrogens (primary N) is 1. The van der Waals surface area contributed by atoms with Gasteiger partial charge in [-0.15, -0.1) is 0 Å². The molecule has 39 heavy (non-hydrogen) atoms. The Morgan fingerprint density at radius 1 is 1.18 bits per heavy atom. The van der Waals surface area contributed by atoms with E-state index in [1.165, 1.54) is 25.8 Å². The molecule has 19 heteroatoms. The largest absolute Gasteiger partial charge is 0.472 e. The monoisotopic (exact) mass is 572 g/mol. The Balaban J connectivity index is 0.00000353. The normalized spacial score (nSPS) is 28.4. The van der Waals surface area contributed by atoms with Gasteiger partial charge in [0, 0.05) is 24.6 Å². The van der Waals surface area contributed by atoms with Gasteiger partial charge in [0.25, 0.3) is 5.56 Å². The summed E-state index contributed by atoms with van der Waals surface area (Å²) in [6, 6.07) is 0. The number of imidazole rings is 1. The van der Waals surface area contributed by atoms with E-state index in [0.717, 1.165) is 4.57 Å². The summed E-state index contributed by atoms with van der Waals surface area (Å²) in [5.41, 5.74) is 5.52. The number of aromatic nitrogens is 6. The van der Waals surface area contributed by atoms with E-state index in [4.69, 9.17) is 24.3 Å². The van der Waals surface area contributed by atoms with Gasteiger partial charge in [0.15, 0.2) is 11.5 Å². The van der Waals surface area contributed by atoms with Gasteiger partial charge in [-0.25, -0.2) is 24.3 Å². The molecule has 0 aromatic carbocycles. The summed E-state index contributed by atoms with van der Waals surface area (Å²) in [7, 11) is -4.73. The molecule has 18 nitrogen and oxygen atoms in total. The predicted octanol–water partition coefficient (Wildman–Crippen LogP) is -1.14. The third-order valence-electron chi connectivity index (χ3n) is 6.39. The number of aliphatic hydroxyl groups excluding tert-OH is 2. The molecule has 0 amide bonds. The van der Waals surface area contributed by atoms with Gasteiger partial charge in [-0.3, -0.25) is 28.0 Å². The lowest BCUT2D eigenvalue weighted by Gasteiger charge is -2.21. The molecule has 5 rings (SSSR count). The van der Waals surface area contributed by atoms with Gasteiger partial charge in [0.05, 0.1) is 25.6 Å². The first-order valence-corrected chi connectivity index (χ1v) is 13.1. The minimum absolute atomic E-state index is 0. The molecule has 214 valence electrons. The van der Waals surface area contributed by atoms with Crippen molar-refractivity contribution in [3.05, 3.63) is 45.3 Å². The van der Waals surface area contributed by atoms with E-state index in [1.54, 1.807) is 4.57 Å². The highest BCUT2D eigenvalue weighted by Crippen LogP contribution is 2.49. The van der Waals surface area contributed by atoms with Crippen molar-refractivity contribution < 1.29 is 38.2 Å². The standard InChI is InChI=1S/C20H26N7O10P.H3N/c1-9-4-26(20(31)25-19(9)30)15-3-11(12(5-28)35-15)37-38(32,33)34-6-13-10(29)2-14(36-13)27-8-24-16-17(21)22-7-23-18(16)27;/h4,7-8,10-15,28-29H,2-3,5-6H2,1H3,(H,32,33)(H2,21,22,23)(H,25,30,31);1H3/t10-,11-,12+,13+,14+,15+;/m0./s1. The smallest absolute Gasteiger partial charge is 0.394 e. The molecule has 0 radical (unpaired) electrons. The highest BCUT2D eigenvalue weighted by Gasteiger charge is 2.43. The summed E-state index contributed by atoms with van der Waals surface area (Å²) in [5, 5.41) is 20.1. The van der Waals surface area contributed by atoms with Gasteiger partial charge < -0.3 is 36.5 Å². The number of aryl methyl sites for hydroxylation is 1. The van der Waals surface area contributed by atoms with Crippen LogP contribution in [0.25, 0.3) is 11.2 Å². The Bertz CT molecular complexity index is 1490. The molecular weight excluding hydrogens is 543 g/mol. The van der Waals surface area contributed by atoms with Crippen LogP contribution in [0.4, 0.5) is 5.82 Å². The van der Waals surface area contributed by atoms with E-state index in [1.807, 2.05) is 0 Å². The quantitative estimate of drug-likeness (QED) is 0.174. The fourth-order valence-electron chi connectivity index (χ4n) is 4.43. The molecule has 0 spiro atoms. The highest BCUT2D eigenvalue weighted by molar-refractivity contribution is 7.47. The summed E-state index contributed by atoms with van der Waals surface area (Å²) < 4.78 is 37.1. The summed E-state index contributed by atoms with van der Waals surface area (Å²) in [4.78, 5) is 48.5. The molecule has 2 fully saturated rings. The Kier molecular flexibility index (Phi) is 8.31. The number of rotatable bonds is 8. The number of aromatic amines is 1. The number of nitrogens with zero attached hydrogens (tertiary/aromatic N) is 5. The van der Waals surface area contributed by atoms with Crippen molar-refractivity contribution in [1.29, 1.82) is 0 Å². The second-order valence-electron chi connectivity index (χ2n) is 8.95. The molecule has 0 bridgehead atoms. The van der Waals surface area contributed by atoms with Crippen LogP contribution in [0.5, 0.6) is 0 Å². The van der Waals surface area contributed by atoms with E-state index in [9.17, 15) is 29.3 Å². The minimum atomic E-state index is -4.73. The molecule has 1 unspecified atom stereocenters. The van der Waals surface area contributed by atoms with Crippen molar-refractivity contribution in [2.75, 3.05) is 18.9 Å². The van der Waals surface area contributed by atoms with Gasteiger partial charge in [-0.1, -0.05) is 0 Å². The summed E-state index contributed by atoms with van der Waals surface area (Å²) >= 11 is 0. The van der Waals surface area contributed by atoms with Crippen LogP contribution in [-0.2, 0) is 23.1 Å². The van der Waals surface area contributed by atoms with Gasteiger partial charge in [-0.05, 0) is 6.92 Å². The number of hydrogen-bond acceptors (Lipinski definition) is 14. The molecule has 0 aliphatic carbocycles. The van der Waals surface area contributed by atoms with Crippen LogP contribution in [-0.4, -0.2) is 81.8 Å². The third kappa shape index (κ3) is 5.79. The number of ether oxygens (including phenoxy) is 2. The lowest BCUT2D eigenvalue weighted by molar-refractivity contribution is -0.0564. The maximum absolute atomic E-state index is 12.7. The SMILES string of the molecule is Cc1cn([C@H]2C[C@H](OP(=O)(O)OC[C@H]3O[C@@H](n4cnc5c(N)ncnc54)C[C@@H]3O)[C@@H](CO)O2)c(=O)[nH]c1=O.N. The number of phosphoric acid groups is 1. The maximum atomic E-state index is 12.7. The number of phosphoric ester groups is 1. The van der Waals surface area contributed by atoms with Crippen LogP contribution >= 0.6 is 7.82 Å². The van der Waals surface area contributed by atoms with E-state index < -0.39 is 69.2 Å². The predicted molar refractivity (Wildman–Crippen MR) is 132 cm³/mol. The van der Waals surface area contributed by atoms with Crippen molar-refractivity contribution in [2.24, 2.45) is 0 Å². The molecule has 3 aromatic rings. The van der Waals surface area contributed by atoms with Gasteiger partial charge >= 0.3 is 13.5 Å². The van der Waals surface area contributed by atoms with Crippen LogP contribution < -0.4 is 23.1 Å². The number of aliphatic hydroxyl groups is 2. The van der Waals surface area contributed by atoms with E-state index in [0.29, 0.717) is 11.2 Å². The molecule has 7 atom stereocenters. The average molecular weight is 572 g/mol. The second-order valence-corrected chi connectivity index (χ2v) is 10.4. The molecule has 2 aliphatic rings. The van der Waals surface area contributed by atoms with E-state index in [-0.39, 0.29) is 30.4 Å². The molecular formula is C20H29N8O10P. The average Bonchev–Trinajstić information content (AvgIpc) is 3.57. The molecule has 2 aliphatic heterocycles. The Hall–Kier alpha value is -3.06. The third-order valence-corrected chi connectivity index (χ3v) is 7.40. The molecule has 0 saturated carbocycles. The number of H-pyrrole nitrogens is 1. The first-order chi connectivity index (χ1) is 18.1. The zero-order chi connectivity index (χ0) is 27.2. The van der Waals surface area contributed by atoms with Crippen molar-refractivity contribution in [3.63, 3.8) is 0 Å². The molecule has 5 heterocycles. The second kappa shape index (κ2) is 11.2. The zero-order valence-corrected chi connectivity index (χ0v) is 21.6. The summed E-state index contributed by atoms with van der Waals surface area (Å²) in [5.74, 6) is 0.186. The van der Waals surface area contributed by atoms with E-state index in [2.05, 4.69) is 19.9 Å². The van der Waals surface area contributed by atoms with Gasteiger partial charge in [0.1, 0.15) is 42.6 Å². The minimum Gasteiger partial charge on any atom is -0.394 e. The van der Waals surface area contributed by atoms with Crippen LogP contribution in [0.15, 0.2) is 28.4 Å². The number of nitrogen functional groups attached to an aromatic ring is 1. The Morgan fingerprint density at radius 3 is 2.64 bits per heavy atom. The van der Waals surface area contributed by atoms with Crippen LogP contribution in [0.1, 0.15) is 30.9 Å². The first kappa shape index (κ1) is 28.9. The maximum Gasteiger partial charge on any atom is 0.472 e. The van der Waals surface area contributed by atoms with Gasteiger partial charge in [-0.2, -0.15) is 0 Å². The van der Waals surface area contributed by atoms with Crippen molar-refractivity contribution >= 4 is 24.8 Å². The van der Waals surface area contributed by atoms with Crippen LogP contribution in [0, 0.1) is 6.92 Å². The topological polar surface area (TPSA) is 274 Å². The zero-order valence-electron chi connectivity index (χ0n) is 20.7. The Morgan fingerprint density at radius 2 is 1.90 bits per heavy atom. The number of anilines is 1. The number of fused-ring (bicyclic) bond motifs is 1. The number of nitrogens with one attached hydrogen (secondary N) is 1. The molecule has 2 saturated heterocycles. The van der Waals surface area contributed by atoms with Crippen LogP contribution in [0.3, 0.4) is 0 Å². The highest BCUT2D eigenvalue weighted by atomic mass is 31.2. The summed E-state index contributed by atoms with van der Waals surface area (Å²) in [6.07, 6.45) is -1.83. The Labute approximate surface area is 219 Å². The first-order valence-electron chi connectivity index (χ1n) is 11.6. The lowest BCUT2D eigenvalue weighted by Crippen LogP contribution is -2.33. The fourth-order valence-corrected chi connectivity index (χ4v) is 5.39. The van der Waals surface area contributed by atoms with Crippen molar-refractivity contribution in [3.8, 4) is 0 Å². The van der Waals surface area contributed by atoms with Crippen molar-refractivity contribution in [2.45, 2.75) is 56.6 Å². The number of hydrogen-bond donors (Lipinski definition) is 6. The summed E-state index contributed by atoms with van der Waals surface area (Å²) in [6.45, 7) is 0.436. The molecule has 3 aromatic heterocycles. The van der Waals surface area contributed by atoms with Crippen molar-refractivity contribution in [1.82, 2.24) is 35.2 Å². The van der Waals surface area contributed by atoms with E-state index >= 15 is 0 Å². The fraction of sp³-hybridized carbons (Fsp3) is 0.550. The lowest BCUT2D eigenvalue weighted by atomic mass is 10.2. The molecule has 9 N–H and O–H groups in total.